The molecule has 2 rings (SSSR count). The smallest absolute Gasteiger partial charge is 0.353 e. The molecule has 1 unspecified atom stereocenters. The molecule has 0 aliphatic rings. The maximum absolute atomic E-state index is 11.3. The highest BCUT2D eigenvalue weighted by atomic mass is 16.6. The lowest BCUT2D eigenvalue weighted by molar-refractivity contribution is -0.383. The van der Waals surface area contributed by atoms with Crippen LogP contribution in [0.25, 0.3) is 0 Å². The predicted octanol–water partition coefficient (Wildman–Crippen LogP) is 2.62. The van der Waals surface area contributed by atoms with E-state index >= 15 is 0 Å². The van der Waals surface area contributed by atoms with Crippen LogP contribution in [-0.4, -0.2) is 29.0 Å². The van der Waals surface area contributed by atoms with Gasteiger partial charge in [0.2, 0.25) is 11.6 Å². The van der Waals surface area contributed by atoms with Crippen LogP contribution in [0.15, 0.2) is 36.7 Å². The van der Waals surface area contributed by atoms with Crippen molar-refractivity contribution in [1.82, 2.24) is 9.97 Å². The van der Waals surface area contributed by atoms with Crippen molar-refractivity contribution >= 4 is 17.3 Å². The third-order valence-corrected chi connectivity index (χ3v) is 3.06. The molecule has 21 heavy (non-hydrogen) atoms. The van der Waals surface area contributed by atoms with Crippen LogP contribution in [0.4, 0.5) is 17.3 Å². The van der Waals surface area contributed by atoms with Gasteiger partial charge in [-0.2, -0.15) is 0 Å². The Kier molecular flexibility index (Phi) is 4.32. The first-order valence-electron chi connectivity index (χ1n) is 6.49. The fraction of sp³-hybridized carbons (Fsp3) is 0.286. The lowest BCUT2D eigenvalue weighted by Gasteiger charge is -2.17. The molecule has 0 amide bonds. The van der Waals surface area contributed by atoms with E-state index in [1.807, 2.05) is 37.3 Å². The lowest BCUT2D eigenvalue weighted by Crippen LogP contribution is -2.16. The van der Waals surface area contributed by atoms with Crippen LogP contribution >= 0.6 is 0 Å². The molecule has 0 aliphatic heterocycles. The maximum Gasteiger partial charge on any atom is 0.353 e. The Bertz CT molecular complexity index is 631. The summed E-state index contributed by atoms with van der Waals surface area (Å²) in [6, 6.07) is 9.58. The normalized spacial score (nSPS) is 11.8. The average Bonchev–Trinajstić information content (AvgIpc) is 2.47. The number of nitro groups is 1. The van der Waals surface area contributed by atoms with Crippen molar-refractivity contribution in [2.75, 3.05) is 24.3 Å². The van der Waals surface area contributed by atoms with E-state index in [0.29, 0.717) is 0 Å². The van der Waals surface area contributed by atoms with E-state index in [1.165, 1.54) is 6.33 Å². The van der Waals surface area contributed by atoms with E-state index in [1.54, 1.807) is 19.0 Å². The first-order valence-corrected chi connectivity index (χ1v) is 6.49. The summed E-state index contributed by atoms with van der Waals surface area (Å²) < 4.78 is 0. The topological polar surface area (TPSA) is 84.2 Å². The van der Waals surface area contributed by atoms with E-state index in [9.17, 15) is 10.1 Å². The highest BCUT2D eigenvalue weighted by molar-refractivity contribution is 5.70. The van der Waals surface area contributed by atoms with Gasteiger partial charge in [-0.05, 0) is 12.5 Å². The van der Waals surface area contributed by atoms with Gasteiger partial charge in [0.15, 0.2) is 0 Å². The Morgan fingerprint density at radius 1 is 1.24 bits per heavy atom. The minimum absolute atomic E-state index is 0.102. The zero-order valence-electron chi connectivity index (χ0n) is 12.1. The van der Waals surface area contributed by atoms with Crippen molar-refractivity contribution in [3.63, 3.8) is 0 Å². The molecule has 1 aromatic carbocycles. The van der Waals surface area contributed by atoms with Gasteiger partial charge in [-0.1, -0.05) is 30.3 Å². The minimum atomic E-state index is -0.463. The summed E-state index contributed by atoms with van der Waals surface area (Å²) in [4.78, 5) is 20.4. The number of aromatic nitrogens is 2. The SMILES string of the molecule is CC(Nc1ncnc(N(C)C)c1[N+](=O)[O-])c1ccccc1. The molecule has 110 valence electrons. The van der Waals surface area contributed by atoms with Gasteiger partial charge in [0.1, 0.15) is 6.33 Å². The van der Waals surface area contributed by atoms with Crippen LogP contribution in [0.1, 0.15) is 18.5 Å². The zero-order valence-corrected chi connectivity index (χ0v) is 12.1. The Morgan fingerprint density at radius 3 is 2.48 bits per heavy atom. The molecule has 0 saturated carbocycles. The molecule has 0 aliphatic carbocycles. The van der Waals surface area contributed by atoms with E-state index in [4.69, 9.17) is 0 Å². The number of benzene rings is 1. The summed E-state index contributed by atoms with van der Waals surface area (Å²) in [6.07, 6.45) is 1.32. The molecule has 0 fully saturated rings. The van der Waals surface area contributed by atoms with E-state index in [2.05, 4.69) is 15.3 Å². The fourth-order valence-corrected chi connectivity index (χ4v) is 2.00. The van der Waals surface area contributed by atoms with Crippen LogP contribution in [-0.2, 0) is 0 Å². The third-order valence-electron chi connectivity index (χ3n) is 3.06. The molecular formula is C14H17N5O2. The van der Waals surface area contributed by atoms with Gasteiger partial charge >= 0.3 is 5.69 Å². The summed E-state index contributed by atoms with van der Waals surface area (Å²) in [5, 5.41) is 14.4. The second-order valence-corrected chi connectivity index (χ2v) is 4.82. The number of hydrogen-bond donors (Lipinski definition) is 1. The molecule has 1 N–H and O–H groups in total. The third kappa shape index (κ3) is 3.25. The number of nitrogens with zero attached hydrogens (tertiary/aromatic N) is 4. The average molecular weight is 287 g/mol. The van der Waals surface area contributed by atoms with E-state index in [0.717, 1.165) is 5.56 Å². The van der Waals surface area contributed by atoms with Gasteiger partial charge < -0.3 is 10.2 Å². The first kappa shape index (κ1) is 14.7. The monoisotopic (exact) mass is 287 g/mol. The molecule has 7 nitrogen and oxygen atoms in total. The second kappa shape index (κ2) is 6.17. The van der Waals surface area contributed by atoms with Crippen molar-refractivity contribution < 1.29 is 4.92 Å². The van der Waals surface area contributed by atoms with Gasteiger partial charge in [-0.3, -0.25) is 10.1 Å². The van der Waals surface area contributed by atoms with Gasteiger partial charge in [-0.15, -0.1) is 0 Å². The summed E-state index contributed by atoms with van der Waals surface area (Å²) >= 11 is 0. The Labute approximate surface area is 122 Å². The molecule has 7 heteroatoms. The quantitative estimate of drug-likeness (QED) is 0.672. The van der Waals surface area contributed by atoms with Crippen LogP contribution in [0.5, 0.6) is 0 Å². The standard InChI is InChI=1S/C14H17N5O2/c1-10(11-7-5-4-6-8-11)17-13-12(19(20)21)14(18(2)3)16-9-15-13/h4-10H,1-3H3,(H,15,16,17). The van der Waals surface area contributed by atoms with Crippen molar-refractivity contribution in [3.05, 3.63) is 52.3 Å². The number of anilines is 2. The van der Waals surface area contributed by atoms with Crippen LogP contribution in [0.3, 0.4) is 0 Å². The van der Waals surface area contributed by atoms with Gasteiger partial charge in [0.05, 0.1) is 11.0 Å². The highest BCUT2D eigenvalue weighted by Crippen LogP contribution is 2.32. The minimum Gasteiger partial charge on any atom is -0.358 e. The van der Waals surface area contributed by atoms with Gasteiger partial charge in [0.25, 0.3) is 0 Å². The molecule has 1 aromatic heterocycles. The molecule has 0 bridgehead atoms. The molecule has 1 heterocycles. The number of rotatable bonds is 5. The second-order valence-electron chi connectivity index (χ2n) is 4.82. The Balaban J connectivity index is 2.36. The first-order chi connectivity index (χ1) is 10.0. The summed E-state index contributed by atoms with van der Waals surface area (Å²) in [6.45, 7) is 1.93. The molecule has 1 atom stereocenters. The van der Waals surface area contributed by atoms with Crippen molar-refractivity contribution in [1.29, 1.82) is 0 Å². The molecule has 0 saturated heterocycles. The molecular weight excluding hydrogens is 270 g/mol. The largest absolute Gasteiger partial charge is 0.358 e. The Morgan fingerprint density at radius 2 is 1.90 bits per heavy atom. The van der Waals surface area contributed by atoms with Crippen molar-refractivity contribution in [2.24, 2.45) is 0 Å². The van der Waals surface area contributed by atoms with Gasteiger partial charge in [-0.25, -0.2) is 9.97 Å². The summed E-state index contributed by atoms with van der Waals surface area (Å²) in [7, 11) is 3.42. The maximum atomic E-state index is 11.3. The van der Waals surface area contributed by atoms with Crippen LogP contribution in [0.2, 0.25) is 0 Å². The lowest BCUT2D eigenvalue weighted by atomic mass is 10.1. The fourth-order valence-electron chi connectivity index (χ4n) is 2.00. The highest BCUT2D eigenvalue weighted by Gasteiger charge is 2.25. The zero-order chi connectivity index (χ0) is 15.4. The molecule has 0 spiro atoms. The number of nitrogens with one attached hydrogen (secondary N) is 1. The predicted molar refractivity (Wildman–Crippen MR) is 81.5 cm³/mol. The van der Waals surface area contributed by atoms with E-state index < -0.39 is 4.92 Å². The van der Waals surface area contributed by atoms with E-state index in [-0.39, 0.29) is 23.4 Å². The van der Waals surface area contributed by atoms with Crippen LogP contribution < -0.4 is 10.2 Å². The number of hydrogen-bond acceptors (Lipinski definition) is 6. The molecule has 0 radical (unpaired) electrons. The molecule has 2 aromatic rings. The summed E-state index contributed by atoms with van der Waals surface area (Å²) in [5.74, 6) is 0.493. The van der Waals surface area contributed by atoms with Gasteiger partial charge in [0, 0.05) is 14.1 Å². The van der Waals surface area contributed by atoms with Crippen LogP contribution in [0, 0.1) is 10.1 Å². The Hall–Kier alpha value is -2.70. The summed E-state index contributed by atoms with van der Waals surface area (Å²) in [5.41, 5.74) is 0.905. The van der Waals surface area contributed by atoms with Crippen molar-refractivity contribution in [3.8, 4) is 0 Å². The van der Waals surface area contributed by atoms with Crippen molar-refractivity contribution in [2.45, 2.75) is 13.0 Å².